The van der Waals surface area contributed by atoms with Crippen LogP contribution in [0.1, 0.15) is 23.7 Å². The molecule has 4 N–H and O–H groups in total. The number of benzene rings is 1. The number of ether oxygens (including phenoxy) is 2. The third-order valence-corrected chi connectivity index (χ3v) is 5.39. The minimum absolute atomic E-state index is 0.168. The highest BCUT2D eigenvalue weighted by atomic mass is 16.5. The molecule has 1 aliphatic rings. The maximum absolute atomic E-state index is 11.5. The number of rotatable bonds is 4. The molecule has 1 aliphatic heterocycles. The summed E-state index contributed by atoms with van der Waals surface area (Å²) in [7, 11) is 3.11. The van der Waals surface area contributed by atoms with Gasteiger partial charge in [-0.2, -0.15) is 5.10 Å². The SMILES string of the molecule is COc1cc(C#Cc2nn(C3CC(CO)N(C(=O)O)C3)c3ncnc(N)c23)cc(OC)c1. The number of fused-ring (bicyclic) bond motifs is 1. The van der Waals surface area contributed by atoms with Crippen LogP contribution in [-0.2, 0) is 0 Å². The van der Waals surface area contributed by atoms with Crippen LogP contribution in [0.3, 0.4) is 0 Å². The van der Waals surface area contributed by atoms with Crippen molar-refractivity contribution >= 4 is 22.9 Å². The number of amides is 1. The van der Waals surface area contributed by atoms with Gasteiger partial charge in [-0.3, -0.25) is 0 Å². The second kappa shape index (κ2) is 8.60. The summed E-state index contributed by atoms with van der Waals surface area (Å²) in [5, 5.41) is 24.1. The van der Waals surface area contributed by atoms with Gasteiger partial charge in [0.2, 0.25) is 0 Å². The van der Waals surface area contributed by atoms with Crippen molar-refractivity contribution in [2.45, 2.75) is 18.5 Å². The molecule has 11 nitrogen and oxygen atoms in total. The molecule has 2 aromatic heterocycles. The van der Waals surface area contributed by atoms with Crippen molar-refractivity contribution in [2.24, 2.45) is 0 Å². The number of carboxylic acid groups (broad SMARTS) is 1. The smallest absolute Gasteiger partial charge is 0.407 e. The zero-order valence-electron chi connectivity index (χ0n) is 17.5. The Morgan fingerprint density at radius 2 is 1.94 bits per heavy atom. The Bertz CT molecular complexity index is 1210. The minimum Gasteiger partial charge on any atom is -0.497 e. The Hall–Kier alpha value is -4.04. The molecule has 1 aromatic carbocycles. The van der Waals surface area contributed by atoms with Gasteiger partial charge >= 0.3 is 6.09 Å². The molecule has 2 atom stereocenters. The maximum atomic E-state index is 11.5. The predicted molar refractivity (Wildman–Crippen MR) is 115 cm³/mol. The molecule has 0 spiro atoms. The molecule has 0 aliphatic carbocycles. The van der Waals surface area contributed by atoms with Gasteiger partial charge in [-0.25, -0.2) is 19.4 Å². The highest BCUT2D eigenvalue weighted by Crippen LogP contribution is 2.31. The van der Waals surface area contributed by atoms with E-state index in [2.05, 4.69) is 26.9 Å². The van der Waals surface area contributed by atoms with Gasteiger partial charge in [0.1, 0.15) is 29.3 Å². The number of hydrogen-bond donors (Lipinski definition) is 3. The number of nitrogen functional groups attached to an aromatic ring is 1. The van der Waals surface area contributed by atoms with E-state index in [1.807, 2.05) is 0 Å². The Morgan fingerprint density at radius 1 is 1.22 bits per heavy atom. The van der Waals surface area contributed by atoms with Crippen molar-refractivity contribution in [1.29, 1.82) is 0 Å². The highest BCUT2D eigenvalue weighted by molar-refractivity contribution is 5.90. The van der Waals surface area contributed by atoms with Gasteiger partial charge < -0.3 is 30.3 Å². The molecule has 32 heavy (non-hydrogen) atoms. The number of carbonyl (C=O) groups is 1. The summed E-state index contributed by atoms with van der Waals surface area (Å²) in [6, 6.07) is 4.43. The summed E-state index contributed by atoms with van der Waals surface area (Å²) >= 11 is 0. The number of hydrogen-bond acceptors (Lipinski definition) is 8. The van der Waals surface area contributed by atoms with E-state index in [1.54, 1.807) is 37.1 Å². The lowest BCUT2D eigenvalue weighted by molar-refractivity contribution is 0.118. The number of anilines is 1. The van der Waals surface area contributed by atoms with Crippen LogP contribution in [0.4, 0.5) is 10.6 Å². The molecule has 0 bridgehead atoms. The number of nitrogens with two attached hydrogens (primary N) is 1. The van der Waals surface area contributed by atoms with Crippen LogP contribution >= 0.6 is 0 Å². The van der Waals surface area contributed by atoms with Crippen molar-refractivity contribution in [2.75, 3.05) is 33.1 Å². The second-order valence-corrected chi connectivity index (χ2v) is 7.26. The zero-order valence-corrected chi connectivity index (χ0v) is 17.5. The molecule has 3 heterocycles. The normalized spacial score (nSPS) is 17.8. The Kier molecular flexibility index (Phi) is 5.70. The van der Waals surface area contributed by atoms with Gasteiger partial charge in [-0.15, -0.1) is 0 Å². The molecule has 0 radical (unpaired) electrons. The van der Waals surface area contributed by atoms with Crippen molar-refractivity contribution < 1.29 is 24.5 Å². The molecule has 1 fully saturated rings. The lowest BCUT2D eigenvalue weighted by atomic mass is 10.2. The van der Waals surface area contributed by atoms with E-state index in [0.29, 0.717) is 40.2 Å². The molecular formula is C21H22N6O5. The summed E-state index contributed by atoms with van der Waals surface area (Å²) in [6.45, 7) is -0.106. The molecule has 4 rings (SSSR count). The minimum atomic E-state index is -1.09. The van der Waals surface area contributed by atoms with Crippen molar-refractivity contribution in [1.82, 2.24) is 24.6 Å². The zero-order chi connectivity index (χ0) is 22.8. The number of aromatic nitrogens is 4. The van der Waals surface area contributed by atoms with Gasteiger partial charge in [-0.05, 0) is 24.5 Å². The standard InChI is InChI=1S/C21H22N6O5/c1-31-15-5-12(6-16(8-15)32-2)3-4-17-18-19(22)23-11-24-20(18)27(25-17)13-7-14(10-28)26(9-13)21(29)30/h5-6,8,11,13-14,28H,7,9-10H2,1-2H3,(H,29,30)(H2,22,23,24). The topological polar surface area (TPSA) is 149 Å². The molecule has 3 aromatic rings. The second-order valence-electron chi connectivity index (χ2n) is 7.26. The van der Waals surface area contributed by atoms with Gasteiger partial charge in [0.15, 0.2) is 5.65 Å². The molecule has 0 saturated carbocycles. The van der Waals surface area contributed by atoms with Crippen LogP contribution in [0.15, 0.2) is 24.5 Å². The summed E-state index contributed by atoms with van der Waals surface area (Å²) in [5.41, 5.74) is 7.58. The predicted octanol–water partition coefficient (Wildman–Crippen LogP) is 1.11. The Labute approximate surface area is 183 Å². The first-order chi connectivity index (χ1) is 15.4. The maximum Gasteiger partial charge on any atom is 0.407 e. The van der Waals surface area contributed by atoms with E-state index in [0.717, 1.165) is 0 Å². The van der Waals surface area contributed by atoms with Gasteiger partial charge in [-0.1, -0.05) is 5.92 Å². The quantitative estimate of drug-likeness (QED) is 0.509. The van der Waals surface area contributed by atoms with Crippen LogP contribution in [-0.4, -0.2) is 74.4 Å². The number of aliphatic hydroxyl groups is 1. The average molecular weight is 438 g/mol. The molecule has 2 unspecified atom stereocenters. The molecule has 11 heteroatoms. The fourth-order valence-corrected chi connectivity index (χ4v) is 3.82. The lowest BCUT2D eigenvalue weighted by Crippen LogP contribution is -2.36. The number of nitrogens with zero attached hydrogens (tertiary/aromatic N) is 5. The van der Waals surface area contributed by atoms with E-state index in [9.17, 15) is 15.0 Å². The van der Waals surface area contributed by atoms with Crippen molar-refractivity contribution in [3.63, 3.8) is 0 Å². The van der Waals surface area contributed by atoms with E-state index < -0.39 is 12.1 Å². The number of methoxy groups -OCH3 is 2. The van der Waals surface area contributed by atoms with Gasteiger partial charge in [0.25, 0.3) is 0 Å². The largest absolute Gasteiger partial charge is 0.497 e. The molecule has 1 saturated heterocycles. The molecule has 166 valence electrons. The fraction of sp³-hybridized carbons (Fsp3) is 0.333. The Balaban J connectivity index is 1.77. The summed E-state index contributed by atoms with van der Waals surface area (Å²) in [4.78, 5) is 21.1. The van der Waals surface area contributed by atoms with Crippen LogP contribution < -0.4 is 15.2 Å². The number of likely N-dealkylation sites (tertiary alicyclic amines) is 1. The molecular weight excluding hydrogens is 416 g/mol. The fourth-order valence-electron chi connectivity index (χ4n) is 3.82. The van der Waals surface area contributed by atoms with Crippen molar-refractivity contribution in [3.05, 3.63) is 35.8 Å². The van der Waals surface area contributed by atoms with Crippen molar-refractivity contribution in [3.8, 4) is 23.3 Å². The van der Waals surface area contributed by atoms with Crippen LogP contribution in [0.25, 0.3) is 11.0 Å². The summed E-state index contributed by atoms with van der Waals surface area (Å²) in [5.74, 6) is 7.48. The van der Waals surface area contributed by atoms with E-state index in [-0.39, 0.29) is 25.0 Å². The van der Waals surface area contributed by atoms with E-state index >= 15 is 0 Å². The third kappa shape index (κ3) is 3.83. The number of aliphatic hydroxyl groups excluding tert-OH is 1. The van der Waals surface area contributed by atoms with Crippen LogP contribution in [0.5, 0.6) is 11.5 Å². The first-order valence-corrected chi connectivity index (χ1v) is 9.79. The first-order valence-electron chi connectivity index (χ1n) is 9.79. The Morgan fingerprint density at radius 3 is 2.53 bits per heavy atom. The lowest BCUT2D eigenvalue weighted by Gasteiger charge is -2.18. The third-order valence-electron chi connectivity index (χ3n) is 5.39. The first kappa shape index (κ1) is 21.2. The highest BCUT2D eigenvalue weighted by Gasteiger charge is 2.37. The average Bonchev–Trinajstić information content (AvgIpc) is 3.39. The van der Waals surface area contributed by atoms with Crippen LogP contribution in [0, 0.1) is 11.8 Å². The van der Waals surface area contributed by atoms with Gasteiger partial charge in [0.05, 0.1) is 38.3 Å². The van der Waals surface area contributed by atoms with Crippen LogP contribution in [0.2, 0.25) is 0 Å². The van der Waals surface area contributed by atoms with Gasteiger partial charge in [0, 0.05) is 18.2 Å². The monoisotopic (exact) mass is 438 g/mol. The van der Waals surface area contributed by atoms with E-state index in [4.69, 9.17) is 15.2 Å². The molecule has 1 amide bonds. The van der Waals surface area contributed by atoms with E-state index in [1.165, 1.54) is 11.2 Å². The summed E-state index contributed by atoms with van der Waals surface area (Å²) < 4.78 is 12.2. The summed E-state index contributed by atoms with van der Waals surface area (Å²) in [6.07, 6.45) is 0.626.